The van der Waals surface area contributed by atoms with Crippen LogP contribution in [0.4, 0.5) is 0 Å². The van der Waals surface area contributed by atoms with Gasteiger partial charge in [-0.05, 0) is 25.0 Å². The molecule has 0 aromatic heterocycles. The maximum atomic E-state index is 12.1. The Kier molecular flexibility index (Phi) is 5.55. The zero-order chi connectivity index (χ0) is 13.7. The quantitative estimate of drug-likeness (QED) is 0.688. The predicted octanol–water partition coefficient (Wildman–Crippen LogP) is 3.13. The lowest BCUT2D eigenvalue weighted by Crippen LogP contribution is -2.31. The van der Waals surface area contributed by atoms with Crippen molar-refractivity contribution in [3.8, 4) is 0 Å². The van der Waals surface area contributed by atoms with Crippen molar-refractivity contribution in [3.05, 3.63) is 34.3 Å². The zero-order valence-electron chi connectivity index (χ0n) is 11.3. The minimum absolute atomic E-state index is 0.212. The van der Waals surface area contributed by atoms with E-state index in [0.29, 0.717) is 12.5 Å². The number of halogens is 1. The molecule has 1 aliphatic rings. The Labute approximate surface area is 123 Å². The SMILES string of the molecule is COCCN(CCC(=O)c1cccc(Br)c1)C1CC1. The van der Waals surface area contributed by atoms with E-state index in [-0.39, 0.29) is 5.78 Å². The van der Waals surface area contributed by atoms with E-state index in [0.717, 1.165) is 29.7 Å². The molecule has 0 atom stereocenters. The molecule has 19 heavy (non-hydrogen) atoms. The van der Waals surface area contributed by atoms with E-state index < -0.39 is 0 Å². The lowest BCUT2D eigenvalue weighted by atomic mass is 10.1. The normalized spacial score (nSPS) is 14.9. The van der Waals surface area contributed by atoms with Gasteiger partial charge in [0.25, 0.3) is 0 Å². The smallest absolute Gasteiger partial charge is 0.164 e. The second kappa shape index (κ2) is 7.17. The van der Waals surface area contributed by atoms with Gasteiger partial charge in [-0.3, -0.25) is 9.69 Å². The predicted molar refractivity (Wildman–Crippen MR) is 79.6 cm³/mol. The fourth-order valence-electron chi connectivity index (χ4n) is 2.18. The third-order valence-corrected chi connectivity index (χ3v) is 3.91. The Bertz CT molecular complexity index is 432. The van der Waals surface area contributed by atoms with E-state index in [4.69, 9.17) is 4.74 Å². The highest BCUT2D eigenvalue weighted by atomic mass is 79.9. The minimum atomic E-state index is 0.212. The van der Waals surface area contributed by atoms with E-state index in [1.54, 1.807) is 7.11 Å². The monoisotopic (exact) mass is 325 g/mol. The summed E-state index contributed by atoms with van der Waals surface area (Å²) in [6.07, 6.45) is 3.10. The standard InChI is InChI=1S/C15H20BrNO2/c1-19-10-9-17(14-5-6-14)8-7-15(18)12-3-2-4-13(16)11-12/h2-4,11,14H,5-10H2,1H3. The van der Waals surface area contributed by atoms with Crippen molar-refractivity contribution in [1.82, 2.24) is 4.90 Å². The Balaban J connectivity index is 1.84. The molecule has 0 saturated heterocycles. The van der Waals surface area contributed by atoms with Gasteiger partial charge in [-0.1, -0.05) is 28.1 Å². The van der Waals surface area contributed by atoms with Crippen LogP contribution in [0.15, 0.2) is 28.7 Å². The van der Waals surface area contributed by atoms with Gasteiger partial charge in [0.1, 0.15) is 0 Å². The molecule has 0 N–H and O–H groups in total. The summed E-state index contributed by atoms with van der Waals surface area (Å²) in [4.78, 5) is 14.5. The highest BCUT2D eigenvalue weighted by Crippen LogP contribution is 2.26. The van der Waals surface area contributed by atoms with Gasteiger partial charge in [0, 0.05) is 42.7 Å². The van der Waals surface area contributed by atoms with Crippen LogP contribution in [-0.4, -0.2) is 43.5 Å². The molecule has 0 bridgehead atoms. The average molecular weight is 326 g/mol. The molecular formula is C15H20BrNO2. The van der Waals surface area contributed by atoms with Crippen molar-refractivity contribution in [2.24, 2.45) is 0 Å². The van der Waals surface area contributed by atoms with Crippen molar-refractivity contribution in [2.45, 2.75) is 25.3 Å². The highest BCUT2D eigenvalue weighted by Gasteiger charge is 2.28. The van der Waals surface area contributed by atoms with Crippen molar-refractivity contribution in [2.75, 3.05) is 26.8 Å². The number of ketones is 1. The third kappa shape index (κ3) is 4.71. The van der Waals surface area contributed by atoms with Crippen molar-refractivity contribution >= 4 is 21.7 Å². The summed E-state index contributed by atoms with van der Waals surface area (Å²) < 4.78 is 6.08. The lowest BCUT2D eigenvalue weighted by molar-refractivity contribution is 0.0945. The number of carbonyl (C=O) groups excluding carboxylic acids is 1. The number of rotatable bonds is 8. The summed E-state index contributed by atoms with van der Waals surface area (Å²) in [5.74, 6) is 0.212. The number of nitrogens with zero attached hydrogens (tertiary/aromatic N) is 1. The second-order valence-corrected chi connectivity index (χ2v) is 5.86. The van der Waals surface area contributed by atoms with Gasteiger partial charge in [0.15, 0.2) is 5.78 Å². The Hall–Kier alpha value is -0.710. The van der Waals surface area contributed by atoms with Crippen molar-refractivity contribution < 1.29 is 9.53 Å². The number of hydrogen-bond donors (Lipinski definition) is 0. The van der Waals surface area contributed by atoms with E-state index in [1.807, 2.05) is 24.3 Å². The Morgan fingerprint density at radius 2 is 2.21 bits per heavy atom. The van der Waals surface area contributed by atoms with Crippen LogP contribution in [0.5, 0.6) is 0 Å². The fraction of sp³-hybridized carbons (Fsp3) is 0.533. The summed E-state index contributed by atoms with van der Waals surface area (Å²) in [5.41, 5.74) is 0.789. The van der Waals surface area contributed by atoms with Crippen LogP contribution in [0.25, 0.3) is 0 Å². The lowest BCUT2D eigenvalue weighted by Gasteiger charge is -2.21. The molecule has 1 aromatic carbocycles. The van der Waals surface area contributed by atoms with E-state index in [1.165, 1.54) is 12.8 Å². The molecule has 1 fully saturated rings. The van der Waals surface area contributed by atoms with Gasteiger partial charge in [-0.25, -0.2) is 0 Å². The first-order valence-corrected chi connectivity index (χ1v) is 7.52. The molecule has 0 unspecified atom stereocenters. The number of methoxy groups -OCH3 is 1. The minimum Gasteiger partial charge on any atom is -0.383 e. The van der Waals surface area contributed by atoms with Crippen LogP contribution >= 0.6 is 15.9 Å². The highest BCUT2D eigenvalue weighted by molar-refractivity contribution is 9.10. The molecule has 2 rings (SSSR count). The van der Waals surface area contributed by atoms with Gasteiger partial charge < -0.3 is 4.74 Å². The van der Waals surface area contributed by atoms with Gasteiger partial charge in [-0.2, -0.15) is 0 Å². The largest absolute Gasteiger partial charge is 0.383 e. The molecule has 0 amide bonds. The molecule has 1 aromatic rings. The van der Waals surface area contributed by atoms with Crippen LogP contribution in [0.2, 0.25) is 0 Å². The Morgan fingerprint density at radius 1 is 1.42 bits per heavy atom. The number of carbonyl (C=O) groups is 1. The fourth-order valence-corrected chi connectivity index (χ4v) is 2.58. The molecular weight excluding hydrogens is 306 g/mol. The molecule has 4 heteroatoms. The number of hydrogen-bond acceptors (Lipinski definition) is 3. The first-order valence-electron chi connectivity index (χ1n) is 6.72. The van der Waals surface area contributed by atoms with Crippen LogP contribution in [0.1, 0.15) is 29.6 Å². The maximum absolute atomic E-state index is 12.1. The number of ether oxygens (including phenoxy) is 1. The van der Waals surface area contributed by atoms with Crippen LogP contribution < -0.4 is 0 Å². The van der Waals surface area contributed by atoms with Gasteiger partial charge in [-0.15, -0.1) is 0 Å². The molecule has 1 aliphatic carbocycles. The van der Waals surface area contributed by atoms with E-state index >= 15 is 0 Å². The van der Waals surface area contributed by atoms with Gasteiger partial charge in [0.2, 0.25) is 0 Å². The molecule has 0 spiro atoms. The van der Waals surface area contributed by atoms with E-state index in [2.05, 4.69) is 20.8 Å². The van der Waals surface area contributed by atoms with E-state index in [9.17, 15) is 4.79 Å². The van der Waals surface area contributed by atoms with Crippen LogP contribution in [0.3, 0.4) is 0 Å². The summed E-state index contributed by atoms with van der Waals surface area (Å²) in [6, 6.07) is 8.28. The van der Waals surface area contributed by atoms with Crippen LogP contribution in [0, 0.1) is 0 Å². The van der Waals surface area contributed by atoms with Gasteiger partial charge >= 0.3 is 0 Å². The molecule has 1 saturated carbocycles. The molecule has 0 aliphatic heterocycles. The van der Waals surface area contributed by atoms with Crippen molar-refractivity contribution in [1.29, 1.82) is 0 Å². The second-order valence-electron chi connectivity index (χ2n) is 4.94. The number of Topliss-reactive ketones (excluding diaryl/α,β-unsaturated/α-hetero) is 1. The molecule has 3 nitrogen and oxygen atoms in total. The summed E-state index contributed by atoms with van der Waals surface area (Å²) >= 11 is 3.40. The first-order chi connectivity index (χ1) is 9.20. The first kappa shape index (κ1) is 14.7. The van der Waals surface area contributed by atoms with Crippen LogP contribution in [-0.2, 0) is 4.74 Å². The summed E-state index contributed by atoms with van der Waals surface area (Å²) in [5, 5.41) is 0. The third-order valence-electron chi connectivity index (χ3n) is 3.42. The summed E-state index contributed by atoms with van der Waals surface area (Å²) in [6.45, 7) is 2.49. The Morgan fingerprint density at radius 3 is 2.84 bits per heavy atom. The topological polar surface area (TPSA) is 29.5 Å². The van der Waals surface area contributed by atoms with Gasteiger partial charge in [0.05, 0.1) is 6.61 Å². The summed E-state index contributed by atoms with van der Waals surface area (Å²) in [7, 11) is 1.72. The molecule has 104 valence electrons. The average Bonchev–Trinajstić information content (AvgIpc) is 3.23. The molecule has 0 radical (unpaired) electrons. The van der Waals surface area contributed by atoms with Crippen molar-refractivity contribution in [3.63, 3.8) is 0 Å². The zero-order valence-corrected chi connectivity index (χ0v) is 12.9. The maximum Gasteiger partial charge on any atom is 0.164 e. The number of benzene rings is 1. The molecule has 0 heterocycles.